The summed E-state index contributed by atoms with van der Waals surface area (Å²) in [5.74, 6) is 0.499. The number of nitrogens with zero attached hydrogens (tertiary/aromatic N) is 2. The molecule has 0 atom stereocenters. The van der Waals surface area contributed by atoms with Crippen LogP contribution >= 0.6 is 0 Å². The first kappa shape index (κ1) is 21.1. The fourth-order valence-electron chi connectivity index (χ4n) is 3.75. The number of rotatable bonds is 7. The van der Waals surface area contributed by atoms with Gasteiger partial charge in [-0.3, -0.25) is 14.5 Å². The predicted octanol–water partition coefficient (Wildman–Crippen LogP) is 3.35. The lowest BCUT2D eigenvalue weighted by Gasteiger charge is -2.32. The van der Waals surface area contributed by atoms with Crippen LogP contribution in [0.2, 0.25) is 0 Å². The third kappa shape index (κ3) is 6.71. The Morgan fingerprint density at radius 1 is 1.03 bits per heavy atom. The lowest BCUT2D eigenvalue weighted by Crippen LogP contribution is -2.44. The fraction of sp³-hybridized carbons (Fsp3) is 0.417. The second-order valence-corrected chi connectivity index (χ2v) is 8.07. The number of amides is 2. The molecule has 0 unspecified atom stereocenters. The number of hydrogen-bond acceptors (Lipinski definition) is 3. The molecule has 0 aromatic heterocycles. The van der Waals surface area contributed by atoms with Gasteiger partial charge in [0.2, 0.25) is 11.8 Å². The molecule has 0 aliphatic carbocycles. The first-order valence-electron chi connectivity index (χ1n) is 10.4. The second-order valence-electron chi connectivity index (χ2n) is 8.07. The minimum Gasteiger partial charge on any atom is -0.335 e. The summed E-state index contributed by atoms with van der Waals surface area (Å²) < 4.78 is 0. The number of likely N-dealkylation sites (N-methyl/N-ethyl adjacent to an activating group) is 1. The number of benzene rings is 2. The van der Waals surface area contributed by atoms with E-state index in [4.69, 9.17) is 0 Å². The zero-order chi connectivity index (χ0) is 20.6. The Morgan fingerprint density at radius 3 is 2.34 bits per heavy atom. The van der Waals surface area contributed by atoms with Crippen LogP contribution in [0.15, 0.2) is 54.6 Å². The maximum Gasteiger partial charge on any atom is 0.243 e. The number of nitrogens with one attached hydrogen (secondary N) is 1. The van der Waals surface area contributed by atoms with E-state index >= 15 is 0 Å². The number of hydrogen-bond donors (Lipinski definition) is 1. The molecule has 2 amide bonds. The maximum absolute atomic E-state index is 12.5. The Bertz CT molecular complexity index is 797. The monoisotopic (exact) mass is 393 g/mol. The summed E-state index contributed by atoms with van der Waals surface area (Å²) >= 11 is 0. The molecule has 2 aromatic rings. The number of carbonyl (C=O) groups is 2. The number of likely N-dealkylation sites (tertiary alicyclic amines) is 1. The molecule has 1 saturated heterocycles. The maximum atomic E-state index is 12.5. The number of aryl methyl sites for hydroxylation is 1. The Labute approximate surface area is 173 Å². The Kier molecular flexibility index (Phi) is 7.42. The lowest BCUT2D eigenvalue weighted by molar-refractivity contribution is -0.134. The zero-order valence-corrected chi connectivity index (χ0v) is 17.4. The summed E-state index contributed by atoms with van der Waals surface area (Å²) in [6, 6.07) is 18.2. The summed E-state index contributed by atoms with van der Waals surface area (Å²) in [5, 5.41) is 2.84. The molecule has 1 heterocycles. The van der Waals surface area contributed by atoms with Crippen molar-refractivity contribution in [3.63, 3.8) is 0 Å². The van der Waals surface area contributed by atoms with Gasteiger partial charge in [0.25, 0.3) is 0 Å². The van der Waals surface area contributed by atoms with Gasteiger partial charge in [-0.15, -0.1) is 0 Å². The van der Waals surface area contributed by atoms with Crippen LogP contribution in [0, 0.1) is 12.8 Å². The molecule has 3 rings (SSSR count). The standard InChI is InChI=1S/C24H31N3O2/c1-19-8-10-22(11-9-19)25-23(28)17-26(2)24(29)18-27-14-12-21(13-15-27)16-20-6-4-3-5-7-20/h3-11,21H,12-18H2,1-2H3,(H,25,28). The van der Waals surface area contributed by atoms with Crippen molar-refractivity contribution in [3.05, 3.63) is 65.7 Å². The number of piperidine rings is 1. The summed E-state index contributed by atoms with van der Waals surface area (Å²) in [7, 11) is 1.69. The molecule has 0 saturated carbocycles. The van der Waals surface area contributed by atoms with E-state index in [1.807, 2.05) is 31.2 Å². The van der Waals surface area contributed by atoms with Gasteiger partial charge in [0.05, 0.1) is 13.1 Å². The SMILES string of the molecule is Cc1ccc(NC(=O)CN(C)C(=O)CN2CCC(Cc3ccccc3)CC2)cc1. The quantitative estimate of drug-likeness (QED) is 0.785. The highest BCUT2D eigenvalue weighted by Crippen LogP contribution is 2.21. The third-order valence-electron chi connectivity index (χ3n) is 5.58. The molecular formula is C24H31N3O2. The predicted molar refractivity (Wildman–Crippen MR) is 117 cm³/mol. The van der Waals surface area contributed by atoms with Gasteiger partial charge in [-0.2, -0.15) is 0 Å². The first-order chi connectivity index (χ1) is 14.0. The number of anilines is 1. The molecular weight excluding hydrogens is 362 g/mol. The minimum absolute atomic E-state index is 0.00874. The molecule has 1 fully saturated rings. The van der Waals surface area contributed by atoms with E-state index < -0.39 is 0 Å². The normalized spacial score (nSPS) is 15.1. The van der Waals surface area contributed by atoms with Gasteiger partial charge < -0.3 is 10.2 Å². The molecule has 5 heteroatoms. The fourth-order valence-corrected chi connectivity index (χ4v) is 3.75. The zero-order valence-electron chi connectivity index (χ0n) is 17.4. The van der Waals surface area contributed by atoms with E-state index in [0.717, 1.165) is 43.6 Å². The second kappa shape index (κ2) is 10.2. The molecule has 0 spiro atoms. The van der Waals surface area contributed by atoms with Gasteiger partial charge in [0.15, 0.2) is 0 Å². The largest absolute Gasteiger partial charge is 0.335 e. The van der Waals surface area contributed by atoms with Crippen LogP contribution in [0.5, 0.6) is 0 Å². The topological polar surface area (TPSA) is 52.7 Å². The van der Waals surface area contributed by atoms with Crippen LogP contribution in [-0.2, 0) is 16.0 Å². The van der Waals surface area contributed by atoms with Gasteiger partial charge in [0, 0.05) is 12.7 Å². The molecule has 1 aliphatic heterocycles. The van der Waals surface area contributed by atoms with Crippen LogP contribution in [0.25, 0.3) is 0 Å². The number of carbonyl (C=O) groups excluding carboxylic acids is 2. The van der Waals surface area contributed by atoms with Gasteiger partial charge in [0.1, 0.15) is 0 Å². The summed E-state index contributed by atoms with van der Waals surface area (Å²) in [5.41, 5.74) is 3.28. The van der Waals surface area contributed by atoms with Crippen molar-refractivity contribution in [3.8, 4) is 0 Å². The highest BCUT2D eigenvalue weighted by Gasteiger charge is 2.23. The minimum atomic E-state index is -0.175. The van der Waals surface area contributed by atoms with Crippen molar-refractivity contribution >= 4 is 17.5 Å². The Hall–Kier alpha value is -2.66. The van der Waals surface area contributed by atoms with E-state index in [1.54, 1.807) is 7.05 Å². The van der Waals surface area contributed by atoms with E-state index in [2.05, 4.69) is 40.5 Å². The van der Waals surface area contributed by atoms with Crippen molar-refractivity contribution in [2.24, 2.45) is 5.92 Å². The van der Waals surface area contributed by atoms with E-state index in [1.165, 1.54) is 10.5 Å². The van der Waals surface area contributed by atoms with Crippen molar-refractivity contribution in [2.75, 3.05) is 38.5 Å². The first-order valence-corrected chi connectivity index (χ1v) is 10.4. The van der Waals surface area contributed by atoms with Crippen LogP contribution in [-0.4, -0.2) is 54.8 Å². The third-order valence-corrected chi connectivity index (χ3v) is 5.58. The molecule has 5 nitrogen and oxygen atoms in total. The summed E-state index contributed by atoms with van der Waals surface area (Å²) in [4.78, 5) is 28.4. The smallest absolute Gasteiger partial charge is 0.243 e. The van der Waals surface area contributed by atoms with Crippen molar-refractivity contribution in [2.45, 2.75) is 26.2 Å². The molecule has 0 radical (unpaired) electrons. The lowest BCUT2D eigenvalue weighted by atomic mass is 9.90. The summed E-state index contributed by atoms with van der Waals surface area (Å²) in [6.45, 7) is 4.32. The van der Waals surface area contributed by atoms with Crippen LogP contribution < -0.4 is 5.32 Å². The van der Waals surface area contributed by atoms with Gasteiger partial charge >= 0.3 is 0 Å². The Balaban J connectivity index is 1.38. The highest BCUT2D eigenvalue weighted by molar-refractivity contribution is 5.94. The molecule has 1 aliphatic rings. The summed E-state index contributed by atoms with van der Waals surface area (Å²) in [6.07, 6.45) is 3.33. The molecule has 0 bridgehead atoms. The van der Waals surface area contributed by atoms with Crippen LogP contribution in [0.1, 0.15) is 24.0 Å². The molecule has 2 aromatic carbocycles. The van der Waals surface area contributed by atoms with Gasteiger partial charge in [-0.05, 0) is 62.9 Å². The van der Waals surface area contributed by atoms with E-state index in [-0.39, 0.29) is 18.4 Å². The van der Waals surface area contributed by atoms with Crippen molar-refractivity contribution in [1.29, 1.82) is 0 Å². The Morgan fingerprint density at radius 2 is 1.69 bits per heavy atom. The van der Waals surface area contributed by atoms with Crippen molar-refractivity contribution in [1.82, 2.24) is 9.80 Å². The van der Waals surface area contributed by atoms with Crippen molar-refractivity contribution < 1.29 is 9.59 Å². The van der Waals surface area contributed by atoms with Crippen LogP contribution in [0.3, 0.4) is 0 Å². The van der Waals surface area contributed by atoms with Gasteiger partial charge in [-0.1, -0.05) is 48.0 Å². The average Bonchev–Trinajstić information content (AvgIpc) is 2.72. The highest BCUT2D eigenvalue weighted by atomic mass is 16.2. The molecule has 154 valence electrons. The van der Waals surface area contributed by atoms with Crippen LogP contribution in [0.4, 0.5) is 5.69 Å². The van der Waals surface area contributed by atoms with Gasteiger partial charge in [-0.25, -0.2) is 0 Å². The average molecular weight is 394 g/mol. The van der Waals surface area contributed by atoms with E-state index in [0.29, 0.717) is 12.5 Å². The molecule has 29 heavy (non-hydrogen) atoms. The molecule has 1 N–H and O–H groups in total. The van der Waals surface area contributed by atoms with E-state index in [9.17, 15) is 9.59 Å².